The number of rotatable bonds is 3. The lowest BCUT2D eigenvalue weighted by Crippen LogP contribution is -2.36. The van der Waals surface area contributed by atoms with Crippen LogP contribution in [0.1, 0.15) is 5.56 Å². The van der Waals surface area contributed by atoms with Crippen molar-refractivity contribution < 1.29 is 4.74 Å². The van der Waals surface area contributed by atoms with E-state index in [2.05, 4.69) is 10.4 Å². The van der Waals surface area contributed by atoms with Crippen LogP contribution in [0.3, 0.4) is 0 Å². The van der Waals surface area contributed by atoms with E-state index in [0.29, 0.717) is 6.61 Å². The molecule has 0 amide bonds. The van der Waals surface area contributed by atoms with Gasteiger partial charge in [-0.1, -0.05) is 18.2 Å². The number of aliphatic imine (C=N–C) groups is 1. The molecular weight excluding hydrogens is 180 g/mol. The Morgan fingerprint density at radius 2 is 2.21 bits per heavy atom. The van der Waals surface area contributed by atoms with Gasteiger partial charge in [-0.15, -0.1) is 0 Å². The Hall–Kier alpha value is -1.59. The highest BCUT2D eigenvalue weighted by molar-refractivity contribution is 5.80. The minimum absolute atomic E-state index is 0.175. The lowest BCUT2D eigenvalue weighted by Gasteiger charge is -2.04. The summed E-state index contributed by atoms with van der Waals surface area (Å²) in [4.78, 5) is 4.07. The molecule has 0 atom stereocenters. The molecule has 1 aromatic carbocycles. The third kappa shape index (κ3) is 2.72. The first-order chi connectivity index (χ1) is 6.77. The Bertz CT molecular complexity index is 324. The van der Waals surface area contributed by atoms with Gasteiger partial charge in [0.1, 0.15) is 0 Å². The Labute approximate surface area is 82.7 Å². The first-order valence-corrected chi connectivity index (χ1v) is 4.15. The standard InChI is InChI=1S/C9H14N4O/c1-14-6-7-4-2-3-5-8(7)12-9(10)13-11/h2-5H,6,11H2,1H3,(H3,10,12,13). The molecule has 0 fully saturated rings. The molecule has 5 heteroatoms. The SMILES string of the molecule is COCc1ccccc1N=C(N)NN. The molecule has 1 aromatic rings. The highest BCUT2D eigenvalue weighted by Crippen LogP contribution is 2.18. The summed E-state index contributed by atoms with van der Waals surface area (Å²) in [6, 6.07) is 7.56. The van der Waals surface area contributed by atoms with Gasteiger partial charge in [-0.25, -0.2) is 10.8 Å². The average molecular weight is 194 g/mol. The number of nitrogens with one attached hydrogen (secondary N) is 1. The minimum Gasteiger partial charge on any atom is -0.380 e. The number of hydrazine groups is 1. The molecule has 1 rings (SSSR count). The fourth-order valence-corrected chi connectivity index (χ4v) is 1.06. The largest absolute Gasteiger partial charge is 0.380 e. The van der Waals surface area contributed by atoms with Crippen molar-refractivity contribution in [2.75, 3.05) is 7.11 Å². The lowest BCUT2D eigenvalue weighted by molar-refractivity contribution is 0.185. The predicted molar refractivity (Wildman–Crippen MR) is 55.8 cm³/mol. The number of nitrogens with two attached hydrogens (primary N) is 2. The number of hydrogen-bond acceptors (Lipinski definition) is 3. The number of nitrogens with zero attached hydrogens (tertiary/aromatic N) is 1. The molecule has 5 N–H and O–H groups in total. The molecule has 0 aliphatic carbocycles. The van der Waals surface area contributed by atoms with Gasteiger partial charge in [-0.2, -0.15) is 0 Å². The van der Waals surface area contributed by atoms with Gasteiger partial charge in [-0.05, 0) is 6.07 Å². The van der Waals surface area contributed by atoms with Crippen molar-refractivity contribution in [2.45, 2.75) is 6.61 Å². The van der Waals surface area contributed by atoms with Crippen molar-refractivity contribution in [3.63, 3.8) is 0 Å². The molecule has 0 radical (unpaired) electrons. The summed E-state index contributed by atoms with van der Waals surface area (Å²) in [6.45, 7) is 0.498. The highest BCUT2D eigenvalue weighted by Gasteiger charge is 1.99. The van der Waals surface area contributed by atoms with Gasteiger partial charge in [0.2, 0.25) is 5.96 Å². The van der Waals surface area contributed by atoms with E-state index >= 15 is 0 Å². The van der Waals surface area contributed by atoms with Gasteiger partial charge in [0.05, 0.1) is 12.3 Å². The molecule has 5 nitrogen and oxygen atoms in total. The monoisotopic (exact) mass is 194 g/mol. The zero-order valence-corrected chi connectivity index (χ0v) is 8.03. The molecule has 0 unspecified atom stereocenters. The van der Waals surface area contributed by atoms with Crippen LogP contribution in [-0.2, 0) is 11.3 Å². The maximum Gasteiger partial charge on any atom is 0.208 e. The van der Waals surface area contributed by atoms with Crippen LogP contribution in [-0.4, -0.2) is 13.1 Å². The van der Waals surface area contributed by atoms with E-state index in [1.165, 1.54) is 0 Å². The quantitative estimate of drug-likeness (QED) is 0.278. The zero-order chi connectivity index (χ0) is 10.4. The van der Waals surface area contributed by atoms with Crippen molar-refractivity contribution >= 4 is 11.6 Å². The second-order valence-corrected chi connectivity index (χ2v) is 2.70. The van der Waals surface area contributed by atoms with Crippen LogP contribution < -0.4 is 17.0 Å². The van der Waals surface area contributed by atoms with E-state index in [1.807, 2.05) is 24.3 Å². The second-order valence-electron chi connectivity index (χ2n) is 2.70. The Morgan fingerprint density at radius 3 is 2.86 bits per heavy atom. The molecule has 0 heterocycles. The first-order valence-electron chi connectivity index (χ1n) is 4.15. The molecule has 0 spiro atoms. The molecule has 0 aromatic heterocycles. The first kappa shape index (κ1) is 10.5. The molecule has 0 saturated carbocycles. The molecule has 14 heavy (non-hydrogen) atoms. The van der Waals surface area contributed by atoms with E-state index in [9.17, 15) is 0 Å². The Kier molecular flexibility index (Phi) is 3.90. The predicted octanol–water partition coefficient (Wildman–Crippen LogP) is 0.243. The highest BCUT2D eigenvalue weighted by atomic mass is 16.5. The number of ether oxygens (including phenoxy) is 1. The summed E-state index contributed by atoms with van der Waals surface area (Å²) >= 11 is 0. The van der Waals surface area contributed by atoms with Crippen LogP contribution in [0.25, 0.3) is 0 Å². The third-order valence-corrected chi connectivity index (χ3v) is 1.68. The van der Waals surface area contributed by atoms with Crippen molar-refractivity contribution in [3.05, 3.63) is 29.8 Å². The molecule has 76 valence electrons. The van der Waals surface area contributed by atoms with Gasteiger partial charge in [0.15, 0.2) is 0 Å². The summed E-state index contributed by atoms with van der Waals surface area (Å²) in [7, 11) is 1.63. The summed E-state index contributed by atoms with van der Waals surface area (Å²) in [5.74, 6) is 5.28. The number of guanidine groups is 1. The van der Waals surface area contributed by atoms with Crippen molar-refractivity contribution in [1.29, 1.82) is 0 Å². The van der Waals surface area contributed by atoms with Gasteiger partial charge >= 0.3 is 0 Å². The normalized spacial score (nSPS) is 11.4. The molecule has 0 aliphatic rings. The van der Waals surface area contributed by atoms with Crippen molar-refractivity contribution in [2.24, 2.45) is 16.6 Å². The van der Waals surface area contributed by atoms with Crippen molar-refractivity contribution in [3.8, 4) is 0 Å². The molecular formula is C9H14N4O. The van der Waals surface area contributed by atoms with Crippen LogP contribution in [0, 0.1) is 0 Å². The van der Waals surface area contributed by atoms with Crippen LogP contribution >= 0.6 is 0 Å². The number of para-hydroxylation sites is 1. The van der Waals surface area contributed by atoms with Gasteiger partial charge in [0.25, 0.3) is 0 Å². The number of benzene rings is 1. The fraction of sp³-hybridized carbons (Fsp3) is 0.222. The van der Waals surface area contributed by atoms with Crippen LogP contribution in [0.15, 0.2) is 29.3 Å². The van der Waals surface area contributed by atoms with E-state index in [-0.39, 0.29) is 5.96 Å². The van der Waals surface area contributed by atoms with E-state index < -0.39 is 0 Å². The van der Waals surface area contributed by atoms with Crippen LogP contribution in [0.4, 0.5) is 5.69 Å². The third-order valence-electron chi connectivity index (χ3n) is 1.68. The minimum atomic E-state index is 0.175. The van der Waals surface area contributed by atoms with Gasteiger partial charge in [-0.3, -0.25) is 5.43 Å². The Morgan fingerprint density at radius 1 is 1.50 bits per heavy atom. The molecule has 0 bridgehead atoms. The average Bonchev–Trinajstić information content (AvgIpc) is 2.21. The van der Waals surface area contributed by atoms with Crippen LogP contribution in [0.2, 0.25) is 0 Å². The maximum atomic E-state index is 5.44. The smallest absolute Gasteiger partial charge is 0.208 e. The zero-order valence-electron chi connectivity index (χ0n) is 8.03. The summed E-state index contributed by atoms with van der Waals surface area (Å²) < 4.78 is 5.02. The Balaban J connectivity index is 2.95. The van der Waals surface area contributed by atoms with Gasteiger partial charge in [0, 0.05) is 12.7 Å². The number of hydrogen-bond donors (Lipinski definition) is 3. The van der Waals surface area contributed by atoms with Crippen molar-refractivity contribution in [1.82, 2.24) is 5.43 Å². The second kappa shape index (κ2) is 5.21. The van der Waals surface area contributed by atoms with Crippen LogP contribution in [0.5, 0.6) is 0 Å². The van der Waals surface area contributed by atoms with Gasteiger partial charge < -0.3 is 10.5 Å². The van der Waals surface area contributed by atoms with E-state index in [0.717, 1.165) is 11.3 Å². The summed E-state index contributed by atoms with van der Waals surface area (Å²) in [5, 5.41) is 0. The fourth-order valence-electron chi connectivity index (χ4n) is 1.06. The summed E-state index contributed by atoms with van der Waals surface area (Å²) in [6.07, 6.45) is 0. The molecule has 0 aliphatic heterocycles. The number of methoxy groups -OCH3 is 1. The van der Waals surface area contributed by atoms with E-state index in [4.69, 9.17) is 16.3 Å². The summed E-state index contributed by atoms with van der Waals surface area (Å²) in [5.41, 5.74) is 9.43. The molecule has 0 saturated heterocycles. The maximum absolute atomic E-state index is 5.44. The lowest BCUT2D eigenvalue weighted by atomic mass is 10.2. The van der Waals surface area contributed by atoms with E-state index in [1.54, 1.807) is 7.11 Å². The topological polar surface area (TPSA) is 85.7 Å².